The van der Waals surface area contributed by atoms with Crippen molar-refractivity contribution in [3.8, 4) is 0 Å². The predicted molar refractivity (Wildman–Crippen MR) is 88.0 cm³/mol. The molecule has 1 aliphatic rings. The number of aromatic nitrogens is 2. The first-order valence-corrected chi connectivity index (χ1v) is 8.31. The topological polar surface area (TPSA) is 62.4 Å². The van der Waals surface area contributed by atoms with Crippen LogP contribution in [-0.4, -0.2) is 39.3 Å². The van der Waals surface area contributed by atoms with E-state index < -0.39 is 5.60 Å². The minimum Gasteiger partial charge on any atom is -0.389 e. The predicted octanol–water partition coefficient (Wildman–Crippen LogP) is 2.71. The van der Waals surface area contributed by atoms with Crippen molar-refractivity contribution in [3.05, 3.63) is 47.1 Å². The Kier molecular flexibility index (Phi) is 4.78. The third-order valence-corrected chi connectivity index (χ3v) is 4.62. The second kappa shape index (κ2) is 6.81. The highest BCUT2D eigenvalue weighted by molar-refractivity contribution is 5.27. The van der Waals surface area contributed by atoms with Gasteiger partial charge in [0.15, 0.2) is 5.82 Å². The van der Waals surface area contributed by atoms with Gasteiger partial charge < -0.3 is 9.63 Å². The van der Waals surface area contributed by atoms with E-state index in [-0.39, 0.29) is 0 Å². The molecule has 1 aromatic carbocycles. The van der Waals surface area contributed by atoms with Crippen molar-refractivity contribution >= 4 is 0 Å². The van der Waals surface area contributed by atoms with Gasteiger partial charge >= 0.3 is 0 Å². The first-order valence-electron chi connectivity index (χ1n) is 8.31. The maximum Gasteiger partial charge on any atom is 0.231 e. The zero-order valence-electron chi connectivity index (χ0n) is 14.0. The van der Waals surface area contributed by atoms with Crippen LogP contribution in [0.5, 0.6) is 0 Å². The van der Waals surface area contributed by atoms with Crippen molar-refractivity contribution in [1.29, 1.82) is 0 Å². The Morgan fingerprint density at radius 1 is 1.26 bits per heavy atom. The summed E-state index contributed by atoms with van der Waals surface area (Å²) in [6.07, 6.45) is 4.68. The van der Waals surface area contributed by atoms with Gasteiger partial charge in [0.05, 0.1) is 18.6 Å². The molecule has 0 atom stereocenters. The van der Waals surface area contributed by atoms with Crippen LogP contribution in [0.3, 0.4) is 0 Å². The lowest BCUT2D eigenvalue weighted by molar-refractivity contribution is 0.0138. The van der Waals surface area contributed by atoms with Gasteiger partial charge in [0, 0.05) is 6.54 Å². The third-order valence-electron chi connectivity index (χ3n) is 4.62. The highest BCUT2D eigenvalue weighted by Gasteiger charge is 2.32. The van der Waals surface area contributed by atoms with Crippen molar-refractivity contribution < 1.29 is 9.63 Å². The maximum atomic E-state index is 10.5. The number of aryl methyl sites for hydroxylation is 1. The fourth-order valence-electron chi connectivity index (χ4n) is 3.39. The van der Waals surface area contributed by atoms with Crippen LogP contribution in [0.15, 0.2) is 28.8 Å². The number of hydrogen-bond acceptors (Lipinski definition) is 5. The van der Waals surface area contributed by atoms with Crippen molar-refractivity contribution in [1.82, 2.24) is 15.0 Å². The number of nitrogens with zero attached hydrogens (tertiary/aromatic N) is 3. The lowest BCUT2D eigenvalue weighted by atomic mass is 10.0. The number of hydrogen-bond donors (Lipinski definition) is 1. The molecular formula is C18H25N3O2. The van der Waals surface area contributed by atoms with Gasteiger partial charge in [0.25, 0.3) is 0 Å². The lowest BCUT2D eigenvalue weighted by Gasteiger charge is -2.27. The number of rotatable bonds is 6. The average molecular weight is 315 g/mol. The molecule has 23 heavy (non-hydrogen) atoms. The van der Waals surface area contributed by atoms with Crippen LogP contribution in [0.4, 0.5) is 0 Å². The Morgan fingerprint density at radius 2 is 2.00 bits per heavy atom. The van der Waals surface area contributed by atoms with E-state index in [0.29, 0.717) is 31.2 Å². The molecule has 124 valence electrons. The first-order chi connectivity index (χ1) is 11.0. The molecule has 1 N–H and O–H groups in total. The number of likely N-dealkylation sites (N-methyl/N-ethyl adjacent to an activating group) is 1. The summed E-state index contributed by atoms with van der Waals surface area (Å²) in [5.41, 5.74) is 1.90. The molecule has 2 aromatic rings. The molecule has 0 radical (unpaired) electrons. The van der Waals surface area contributed by atoms with Crippen LogP contribution in [0.1, 0.15) is 48.5 Å². The molecule has 1 aromatic heterocycles. The number of aliphatic hydroxyl groups is 1. The van der Waals surface area contributed by atoms with E-state index in [2.05, 4.69) is 34.1 Å². The minimum atomic E-state index is -0.539. The van der Waals surface area contributed by atoms with Crippen LogP contribution < -0.4 is 0 Å². The molecule has 5 heteroatoms. The van der Waals surface area contributed by atoms with Gasteiger partial charge in [-0.2, -0.15) is 4.98 Å². The molecular weight excluding hydrogens is 290 g/mol. The van der Waals surface area contributed by atoms with E-state index in [1.54, 1.807) is 0 Å². The Bertz CT molecular complexity index is 647. The molecule has 0 unspecified atom stereocenters. The summed E-state index contributed by atoms with van der Waals surface area (Å²) in [5, 5.41) is 14.5. The van der Waals surface area contributed by atoms with Crippen LogP contribution in [0, 0.1) is 6.92 Å². The van der Waals surface area contributed by atoms with Gasteiger partial charge in [-0.25, -0.2) is 0 Å². The fraction of sp³-hybridized carbons (Fsp3) is 0.556. The van der Waals surface area contributed by atoms with Gasteiger partial charge in [0.2, 0.25) is 5.89 Å². The molecule has 1 fully saturated rings. The summed E-state index contributed by atoms with van der Waals surface area (Å²) < 4.78 is 5.37. The quantitative estimate of drug-likeness (QED) is 0.888. The van der Waals surface area contributed by atoms with Crippen molar-refractivity contribution in [2.45, 2.75) is 51.2 Å². The summed E-state index contributed by atoms with van der Waals surface area (Å²) in [5.74, 6) is 1.32. The van der Waals surface area contributed by atoms with Crippen molar-refractivity contribution in [2.24, 2.45) is 0 Å². The van der Waals surface area contributed by atoms with Crippen molar-refractivity contribution in [3.63, 3.8) is 0 Å². The lowest BCUT2D eigenvalue weighted by Crippen LogP contribution is -2.38. The Morgan fingerprint density at radius 3 is 2.74 bits per heavy atom. The largest absolute Gasteiger partial charge is 0.389 e. The van der Waals surface area contributed by atoms with Crippen LogP contribution >= 0.6 is 0 Å². The fourth-order valence-corrected chi connectivity index (χ4v) is 3.39. The van der Waals surface area contributed by atoms with Crippen LogP contribution in [-0.2, 0) is 13.0 Å². The summed E-state index contributed by atoms with van der Waals surface area (Å²) in [6.45, 7) is 3.34. The van der Waals surface area contributed by atoms with Gasteiger partial charge in [-0.1, -0.05) is 42.3 Å². The molecule has 1 aliphatic carbocycles. The van der Waals surface area contributed by atoms with E-state index in [1.807, 2.05) is 19.2 Å². The van der Waals surface area contributed by atoms with Crippen molar-refractivity contribution in [2.75, 3.05) is 13.6 Å². The molecule has 3 rings (SSSR count). The zero-order valence-corrected chi connectivity index (χ0v) is 14.0. The molecule has 0 saturated heterocycles. The van der Waals surface area contributed by atoms with E-state index in [9.17, 15) is 5.11 Å². The molecule has 0 amide bonds. The third kappa shape index (κ3) is 4.18. The summed E-state index contributed by atoms with van der Waals surface area (Å²) >= 11 is 0. The Labute approximate surface area is 137 Å². The van der Waals surface area contributed by atoms with E-state index >= 15 is 0 Å². The van der Waals surface area contributed by atoms with Gasteiger partial charge in [-0.3, -0.25) is 4.90 Å². The molecule has 0 bridgehead atoms. The molecule has 0 spiro atoms. The number of benzene rings is 1. The zero-order chi connectivity index (χ0) is 16.3. The molecule has 0 aliphatic heterocycles. The normalized spacial score (nSPS) is 17.0. The molecule has 1 heterocycles. The van der Waals surface area contributed by atoms with E-state index in [1.165, 1.54) is 11.1 Å². The maximum absolute atomic E-state index is 10.5. The summed E-state index contributed by atoms with van der Waals surface area (Å²) in [7, 11) is 1.99. The second-order valence-electron chi connectivity index (χ2n) is 6.81. The summed E-state index contributed by atoms with van der Waals surface area (Å²) in [4.78, 5) is 6.56. The minimum absolute atomic E-state index is 0.539. The van der Waals surface area contributed by atoms with Crippen LogP contribution in [0.25, 0.3) is 0 Å². The van der Waals surface area contributed by atoms with Gasteiger partial charge in [-0.05, 0) is 37.9 Å². The van der Waals surface area contributed by atoms with E-state index in [0.717, 1.165) is 25.7 Å². The second-order valence-corrected chi connectivity index (χ2v) is 6.81. The first kappa shape index (κ1) is 16.1. The molecule has 1 saturated carbocycles. The Balaban J connectivity index is 1.58. The smallest absolute Gasteiger partial charge is 0.231 e. The standard InChI is InChI=1S/C18H25N3O2/c1-14-7-3-4-8-15(14)11-17-19-16(20-23-17)12-21(2)13-18(22)9-5-6-10-18/h3-4,7-8,22H,5-6,9-13H2,1-2H3. The van der Waals surface area contributed by atoms with Crippen LogP contribution in [0.2, 0.25) is 0 Å². The monoisotopic (exact) mass is 315 g/mol. The Hall–Kier alpha value is -1.72. The van der Waals surface area contributed by atoms with E-state index in [4.69, 9.17) is 4.52 Å². The van der Waals surface area contributed by atoms with Gasteiger partial charge in [-0.15, -0.1) is 0 Å². The SMILES string of the molecule is Cc1ccccc1Cc1nc(CN(C)CC2(O)CCCC2)no1. The molecule has 5 nitrogen and oxygen atoms in total. The summed E-state index contributed by atoms with van der Waals surface area (Å²) in [6, 6.07) is 8.22. The highest BCUT2D eigenvalue weighted by Crippen LogP contribution is 2.30. The van der Waals surface area contributed by atoms with Gasteiger partial charge in [0.1, 0.15) is 0 Å². The highest BCUT2D eigenvalue weighted by atomic mass is 16.5. The average Bonchev–Trinajstić information content (AvgIpc) is 3.11.